The quantitative estimate of drug-likeness (QED) is 0.828. The van der Waals surface area contributed by atoms with Gasteiger partial charge >= 0.3 is 12.2 Å². The van der Waals surface area contributed by atoms with E-state index in [1.807, 2.05) is 17.8 Å². The van der Waals surface area contributed by atoms with Gasteiger partial charge in [0.15, 0.2) is 0 Å². The number of hydrogen-bond donors (Lipinski definition) is 1. The molecule has 1 atom stereocenters. The standard InChI is InChI=1S/C15H24F3N5O/c1-12-10-20-23(11-12)5-3-4-19-14(24)22-8-6-21(7-9-22)13(2)15(16,17)18/h10-11,13H,3-9H2,1-2H3,(H,19,24). The van der Waals surface area contributed by atoms with Crippen LogP contribution in [0.1, 0.15) is 18.9 Å². The van der Waals surface area contributed by atoms with Crippen molar-refractivity contribution in [2.45, 2.75) is 39.0 Å². The smallest absolute Gasteiger partial charge is 0.338 e. The number of amides is 2. The molecule has 1 aliphatic rings. The molecule has 1 unspecified atom stereocenters. The number of hydrogen-bond acceptors (Lipinski definition) is 3. The van der Waals surface area contributed by atoms with E-state index in [2.05, 4.69) is 10.4 Å². The highest BCUT2D eigenvalue weighted by molar-refractivity contribution is 5.74. The van der Waals surface area contributed by atoms with E-state index in [1.54, 1.807) is 11.1 Å². The zero-order valence-corrected chi connectivity index (χ0v) is 14.0. The lowest BCUT2D eigenvalue weighted by Crippen LogP contribution is -2.56. The normalized spacial score (nSPS) is 17.8. The molecule has 1 aromatic heterocycles. The van der Waals surface area contributed by atoms with Crippen molar-refractivity contribution in [3.63, 3.8) is 0 Å². The molecule has 1 aromatic rings. The largest absolute Gasteiger partial charge is 0.403 e. The summed E-state index contributed by atoms with van der Waals surface area (Å²) in [6.07, 6.45) is 0.232. The molecule has 6 nitrogen and oxygen atoms in total. The van der Waals surface area contributed by atoms with Gasteiger partial charge in [-0.3, -0.25) is 9.58 Å². The van der Waals surface area contributed by atoms with Crippen molar-refractivity contribution in [1.29, 1.82) is 0 Å². The van der Waals surface area contributed by atoms with Crippen molar-refractivity contribution in [3.05, 3.63) is 18.0 Å². The van der Waals surface area contributed by atoms with Gasteiger partial charge in [0.2, 0.25) is 0 Å². The van der Waals surface area contributed by atoms with E-state index < -0.39 is 12.2 Å². The van der Waals surface area contributed by atoms with Crippen LogP contribution < -0.4 is 5.32 Å². The molecule has 0 aliphatic carbocycles. The summed E-state index contributed by atoms with van der Waals surface area (Å²) in [5, 5.41) is 6.97. The molecule has 0 spiro atoms. The number of piperazine rings is 1. The zero-order chi connectivity index (χ0) is 17.7. The third kappa shape index (κ3) is 5.12. The number of aryl methyl sites for hydroxylation is 2. The van der Waals surface area contributed by atoms with Crippen molar-refractivity contribution in [1.82, 2.24) is 24.9 Å². The molecule has 2 heterocycles. The van der Waals surface area contributed by atoms with Crippen LogP contribution in [0.15, 0.2) is 12.4 Å². The molecule has 0 saturated carbocycles. The molecule has 1 fully saturated rings. The first kappa shape index (κ1) is 18.6. The van der Waals surface area contributed by atoms with E-state index in [4.69, 9.17) is 0 Å². The third-order valence-corrected chi connectivity index (χ3v) is 4.23. The van der Waals surface area contributed by atoms with Crippen molar-refractivity contribution in [2.24, 2.45) is 0 Å². The van der Waals surface area contributed by atoms with Crippen LogP contribution in [0.3, 0.4) is 0 Å². The number of urea groups is 1. The minimum atomic E-state index is -4.23. The van der Waals surface area contributed by atoms with Crippen molar-refractivity contribution in [2.75, 3.05) is 32.7 Å². The van der Waals surface area contributed by atoms with E-state index in [1.165, 1.54) is 4.90 Å². The Morgan fingerprint density at radius 2 is 2.00 bits per heavy atom. The minimum Gasteiger partial charge on any atom is -0.338 e. The van der Waals surface area contributed by atoms with Gasteiger partial charge < -0.3 is 10.2 Å². The fourth-order valence-electron chi connectivity index (χ4n) is 2.66. The molecule has 2 rings (SSSR count). The van der Waals surface area contributed by atoms with Gasteiger partial charge in [-0.15, -0.1) is 0 Å². The number of carbonyl (C=O) groups is 1. The highest BCUT2D eigenvalue weighted by Crippen LogP contribution is 2.25. The minimum absolute atomic E-state index is 0.217. The summed E-state index contributed by atoms with van der Waals surface area (Å²) in [4.78, 5) is 15.0. The second-order valence-corrected chi connectivity index (χ2v) is 6.11. The first-order chi connectivity index (χ1) is 11.3. The molecule has 2 amide bonds. The lowest BCUT2D eigenvalue weighted by Gasteiger charge is -2.38. The van der Waals surface area contributed by atoms with E-state index >= 15 is 0 Å². The Balaban J connectivity index is 1.65. The van der Waals surface area contributed by atoms with Crippen LogP contribution in [-0.2, 0) is 6.54 Å². The number of nitrogens with zero attached hydrogens (tertiary/aromatic N) is 4. The van der Waals surface area contributed by atoms with Crippen LogP contribution in [0.25, 0.3) is 0 Å². The van der Waals surface area contributed by atoms with Gasteiger partial charge in [-0.05, 0) is 25.8 Å². The number of halogens is 3. The Morgan fingerprint density at radius 3 is 2.54 bits per heavy atom. The molecule has 24 heavy (non-hydrogen) atoms. The van der Waals surface area contributed by atoms with E-state index in [9.17, 15) is 18.0 Å². The maximum absolute atomic E-state index is 12.7. The van der Waals surface area contributed by atoms with Crippen molar-refractivity contribution in [3.8, 4) is 0 Å². The fraction of sp³-hybridized carbons (Fsp3) is 0.733. The van der Waals surface area contributed by atoms with Gasteiger partial charge in [0, 0.05) is 45.5 Å². The zero-order valence-electron chi connectivity index (χ0n) is 14.0. The Bertz CT molecular complexity index is 537. The van der Waals surface area contributed by atoms with Crippen LogP contribution in [0.2, 0.25) is 0 Å². The number of carbonyl (C=O) groups excluding carboxylic acids is 1. The van der Waals surface area contributed by atoms with Crippen LogP contribution in [0.4, 0.5) is 18.0 Å². The second-order valence-electron chi connectivity index (χ2n) is 6.11. The Kier molecular flexibility index (Phi) is 6.09. The van der Waals surface area contributed by atoms with Crippen LogP contribution in [0.5, 0.6) is 0 Å². The second kappa shape index (κ2) is 7.87. The van der Waals surface area contributed by atoms with Gasteiger partial charge in [0.25, 0.3) is 0 Å². The first-order valence-corrected chi connectivity index (χ1v) is 8.10. The highest BCUT2D eigenvalue weighted by atomic mass is 19.4. The third-order valence-electron chi connectivity index (χ3n) is 4.23. The summed E-state index contributed by atoms with van der Waals surface area (Å²) < 4.78 is 39.9. The number of alkyl halides is 3. The predicted octanol–water partition coefficient (Wildman–Crippen LogP) is 1.86. The summed E-state index contributed by atoms with van der Waals surface area (Å²) in [6, 6.07) is -1.69. The van der Waals surface area contributed by atoms with Gasteiger partial charge in [-0.25, -0.2) is 4.79 Å². The molecule has 1 saturated heterocycles. The van der Waals surface area contributed by atoms with Gasteiger partial charge in [0.1, 0.15) is 6.04 Å². The Morgan fingerprint density at radius 1 is 1.33 bits per heavy atom. The van der Waals surface area contributed by atoms with E-state index in [-0.39, 0.29) is 19.1 Å². The lowest BCUT2D eigenvalue weighted by atomic mass is 10.2. The van der Waals surface area contributed by atoms with Crippen molar-refractivity contribution >= 4 is 6.03 Å². The topological polar surface area (TPSA) is 53.4 Å². The van der Waals surface area contributed by atoms with Crippen molar-refractivity contribution < 1.29 is 18.0 Å². The molecule has 1 aliphatic heterocycles. The number of aromatic nitrogens is 2. The average Bonchev–Trinajstić information content (AvgIpc) is 2.95. The highest BCUT2D eigenvalue weighted by Gasteiger charge is 2.41. The summed E-state index contributed by atoms with van der Waals surface area (Å²) in [5.41, 5.74) is 1.09. The molecule has 1 N–H and O–H groups in total. The summed E-state index contributed by atoms with van der Waals surface area (Å²) >= 11 is 0. The van der Waals surface area contributed by atoms with E-state index in [0.717, 1.165) is 18.9 Å². The number of nitrogens with one attached hydrogen (secondary N) is 1. The van der Waals surface area contributed by atoms with Crippen LogP contribution >= 0.6 is 0 Å². The maximum Gasteiger partial charge on any atom is 0.403 e. The first-order valence-electron chi connectivity index (χ1n) is 8.10. The molecule has 0 aromatic carbocycles. The average molecular weight is 347 g/mol. The monoisotopic (exact) mass is 347 g/mol. The Labute approximate surface area is 139 Å². The molecule has 136 valence electrons. The molecule has 0 bridgehead atoms. The summed E-state index contributed by atoms with van der Waals surface area (Å²) in [6.45, 7) is 5.44. The Hall–Kier alpha value is -1.77. The van der Waals surface area contributed by atoms with Gasteiger partial charge in [-0.2, -0.15) is 18.3 Å². The molecule has 9 heteroatoms. The van der Waals surface area contributed by atoms with Gasteiger partial charge in [-0.1, -0.05) is 0 Å². The summed E-state index contributed by atoms with van der Waals surface area (Å²) in [5.74, 6) is 0. The van der Waals surface area contributed by atoms with E-state index in [0.29, 0.717) is 26.2 Å². The summed E-state index contributed by atoms with van der Waals surface area (Å²) in [7, 11) is 0. The van der Waals surface area contributed by atoms with Crippen LogP contribution in [0, 0.1) is 6.92 Å². The SMILES string of the molecule is Cc1cnn(CCCNC(=O)N2CCN(C(C)C(F)(F)F)CC2)c1. The number of rotatable bonds is 5. The lowest BCUT2D eigenvalue weighted by molar-refractivity contribution is -0.181. The molecule has 0 radical (unpaired) electrons. The predicted molar refractivity (Wildman–Crippen MR) is 83.6 cm³/mol. The fourth-order valence-corrected chi connectivity index (χ4v) is 2.66. The molecular weight excluding hydrogens is 323 g/mol. The van der Waals surface area contributed by atoms with Crippen LogP contribution in [-0.4, -0.2) is 70.6 Å². The molecular formula is C15H24F3N5O. The maximum atomic E-state index is 12.7. The van der Waals surface area contributed by atoms with Gasteiger partial charge in [0.05, 0.1) is 6.20 Å².